The Morgan fingerprint density at radius 2 is 1.68 bits per heavy atom. The smallest absolute Gasteiger partial charge is 0.257 e. The normalized spacial score (nSPS) is 10.2. The van der Waals surface area contributed by atoms with Crippen LogP contribution in [0.4, 0.5) is 5.69 Å². The highest BCUT2D eigenvalue weighted by Gasteiger charge is 2.09. The summed E-state index contributed by atoms with van der Waals surface area (Å²) in [6.07, 6.45) is 0.931. The van der Waals surface area contributed by atoms with E-state index in [0.717, 1.165) is 17.9 Å². The van der Waals surface area contributed by atoms with E-state index in [4.69, 9.17) is 26.4 Å². The van der Waals surface area contributed by atoms with Gasteiger partial charge in [0.25, 0.3) is 5.91 Å². The molecule has 2 N–H and O–H groups in total. The predicted octanol–water partition coefficient (Wildman–Crippen LogP) is 4.02. The summed E-state index contributed by atoms with van der Waals surface area (Å²) in [5.74, 6) is 1.04. The maximum Gasteiger partial charge on any atom is 0.257 e. The summed E-state index contributed by atoms with van der Waals surface area (Å²) in [4.78, 5) is 12.4. The van der Waals surface area contributed by atoms with Crippen LogP contribution < -0.4 is 20.1 Å². The molecule has 0 atom stereocenters. The molecule has 28 heavy (non-hydrogen) atoms. The minimum absolute atomic E-state index is 0.209. The molecule has 2 aromatic rings. The molecule has 0 aromatic heterocycles. The minimum atomic E-state index is -0.314. The van der Waals surface area contributed by atoms with Crippen molar-refractivity contribution in [2.45, 2.75) is 20.3 Å². The van der Waals surface area contributed by atoms with Crippen LogP contribution in [0.25, 0.3) is 0 Å². The summed E-state index contributed by atoms with van der Waals surface area (Å²) in [6.45, 7) is 6.19. The summed E-state index contributed by atoms with van der Waals surface area (Å²) >= 11 is 5.24. The molecule has 1 amide bonds. The largest absolute Gasteiger partial charge is 0.494 e. The second-order valence-electron chi connectivity index (χ2n) is 5.86. The number of anilines is 1. The highest BCUT2D eigenvalue weighted by Crippen LogP contribution is 2.18. The van der Waals surface area contributed by atoms with Crippen LogP contribution in [-0.2, 0) is 4.74 Å². The second kappa shape index (κ2) is 11.9. The monoisotopic (exact) mass is 402 g/mol. The van der Waals surface area contributed by atoms with E-state index < -0.39 is 0 Å². The minimum Gasteiger partial charge on any atom is -0.494 e. The summed E-state index contributed by atoms with van der Waals surface area (Å²) in [6, 6.07) is 14.3. The molecule has 0 spiro atoms. The first-order chi connectivity index (χ1) is 13.6. The van der Waals surface area contributed by atoms with Gasteiger partial charge >= 0.3 is 0 Å². The van der Waals surface area contributed by atoms with Gasteiger partial charge in [-0.1, -0.05) is 19.1 Å². The van der Waals surface area contributed by atoms with Crippen molar-refractivity contribution in [3.63, 3.8) is 0 Å². The third-order valence-electron chi connectivity index (χ3n) is 3.59. The van der Waals surface area contributed by atoms with E-state index in [2.05, 4.69) is 10.6 Å². The zero-order chi connectivity index (χ0) is 20.2. The fourth-order valence-corrected chi connectivity index (χ4v) is 2.52. The summed E-state index contributed by atoms with van der Waals surface area (Å²) in [7, 11) is 0. The van der Waals surface area contributed by atoms with Crippen molar-refractivity contribution in [1.29, 1.82) is 0 Å². The lowest BCUT2D eigenvalue weighted by atomic mass is 10.2. The first kappa shape index (κ1) is 21.7. The Kier molecular flexibility index (Phi) is 9.24. The van der Waals surface area contributed by atoms with Gasteiger partial charge in [-0.3, -0.25) is 10.1 Å². The van der Waals surface area contributed by atoms with Crippen molar-refractivity contribution in [2.75, 3.05) is 31.7 Å². The number of rotatable bonds is 10. The Labute approximate surface area is 171 Å². The lowest BCUT2D eigenvalue weighted by Crippen LogP contribution is -2.34. The van der Waals surface area contributed by atoms with Gasteiger partial charge in [0.1, 0.15) is 18.1 Å². The van der Waals surface area contributed by atoms with Crippen LogP contribution in [-0.4, -0.2) is 37.4 Å². The Morgan fingerprint density at radius 3 is 2.43 bits per heavy atom. The Balaban J connectivity index is 1.89. The van der Waals surface area contributed by atoms with E-state index in [0.29, 0.717) is 37.7 Å². The van der Waals surface area contributed by atoms with Gasteiger partial charge in [0, 0.05) is 23.9 Å². The molecule has 0 fully saturated rings. The molecule has 0 radical (unpaired) electrons. The van der Waals surface area contributed by atoms with Crippen LogP contribution in [0.15, 0.2) is 48.5 Å². The molecule has 0 aliphatic rings. The van der Waals surface area contributed by atoms with E-state index in [1.165, 1.54) is 0 Å². The maximum atomic E-state index is 12.4. The number of carbonyl (C=O) groups is 1. The average molecular weight is 403 g/mol. The van der Waals surface area contributed by atoms with Crippen molar-refractivity contribution in [1.82, 2.24) is 5.32 Å². The van der Waals surface area contributed by atoms with Gasteiger partial charge in [0.2, 0.25) is 0 Å². The number of amides is 1. The SMILES string of the molecule is CCCOc1cccc(NC(=S)NC(=O)c2cccc(OCCOCC)c2)c1. The zero-order valence-corrected chi connectivity index (χ0v) is 17.0. The van der Waals surface area contributed by atoms with Crippen LogP contribution in [0.3, 0.4) is 0 Å². The number of benzene rings is 2. The van der Waals surface area contributed by atoms with E-state index in [1.807, 2.05) is 38.1 Å². The lowest BCUT2D eigenvalue weighted by Gasteiger charge is -2.12. The first-order valence-electron chi connectivity index (χ1n) is 9.28. The van der Waals surface area contributed by atoms with Crippen LogP contribution in [0, 0.1) is 0 Å². The van der Waals surface area contributed by atoms with E-state index >= 15 is 0 Å². The molecule has 0 saturated carbocycles. The Hall–Kier alpha value is -2.64. The van der Waals surface area contributed by atoms with Gasteiger partial charge in [-0.05, 0) is 55.9 Å². The molecule has 150 valence electrons. The van der Waals surface area contributed by atoms with Crippen LogP contribution in [0.5, 0.6) is 11.5 Å². The molecule has 0 aliphatic carbocycles. The molecule has 0 bridgehead atoms. The summed E-state index contributed by atoms with van der Waals surface area (Å²) < 4.78 is 16.4. The summed E-state index contributed by atoms with van der Waals surface area (Å²) in [5, 5.41) is 5.87. The maximum absolute atomic E-state index is 12.4. The third-order valence-corrected chi connectivity index (χ3v) is 3.79. The van der Waals surface area contributed by atoms with Gasteiger partial charge in [-0.25, -0.2) is 0 Å². The molecule has 0 heterocycles. The first-order valence-corrected chi connectivity index (χ1v) is 9.69. The van der Waals surface area contributed by atoms with Crippen LogP contribution in [0.2, 0.25) is 0 Å². The molecular formula is C21H26N2O4S. The molecule has 6 nitrogen and oxygen atoms in total. The van der Waals surface area contributed by atoms with E-state index in [1.54, 1.807) is 24.3 Å². The van der Waals surface area contributed by atoms with E-state index in [-0.39, 0.29) is 11.0 Å². The van der Waals surface area contributed by atoms with Crippen LogP contribution in [0.1, 0.15) is 30.6 Å². The molecule has 0 unspecified atom stereocenters. The molecular weight excluding hydrogens is 376 g/mol. The lowest BCUT2D eigenvalue weighted by molar-refractivity contribution is 0.0976. The quantitative estimate of drug-likeness (QED) is 0.462. The molecule has 2 aromatic carbocycles. The molecule has 2 rings (SSSR count). The zero-order valence-electron chi connectivity index (χ0n) is 16.2. The van der Waals surface area contributed by atoms with Gasteiger partial charge in [-0.15, -0.1) is 0 Å². The Morgan fingerprint density at radius 1 is 0.964 bits per heavy atom. The van der Waals surface area contributed by atoms with Gasteiger partial charge in [0.15, 0.2) is 5.11 Å². The summed E-state index contributed by atoms with van der Waals surface area (Å²) in [5.41, 5.74) is 1.20. The van der Waals surface area contributed by atoms with Gasteiger partial charge in [0.05, 0.1) is 13.2 Å². The number of hydrogen-bond donors (Lipinski definition) is 2. The second-order valence-corrected chi connectivity index (χ2v) is 6.27. The van der Waals surface area contributed by atoms with Crippen LogP contribution >= 0.6 is 12.2 Å². The fourth-order valence-electron chi connectivity index (χ4n) is 2.31. The highest BCUT2D eigenvalue weighted by molar-refractivity contribution is 7.80. The van der Waals surface area contributed by atoms with E-state index in [9.17, 15) is 4.79 Å². The number of carbonyl (C=O) groups excluding carboxylic acids is 1. The fraction of sp³-hybridized carbons (Fsp3) is 0.333. The Bertz CT molecular complexity index is 783. The van der Waals surface area contributed by atoms with Crippen molar-refractivity contribution in [2.24, 2.45) is 0 Å². The number of hydrogen-bond acceptors (Lipinski definition) is 5. The standard InChI is InChI=1S/C21H26N2O4S/c1-3-11-26-19-10-6-8-17(15-19)22-21(28)23-20(24)16-7-5-9-18(14-16)27-13-12-25-4-2/h5-10,14-15H,3-4,11-13H2,1-2H3,(H2,22,23,24,28). The molecule has 7 heteroatoms. The average Bonchev–Trinajstić information content (AvgIpc) is 2.70. The molecule has 0 aliphatic heterocycles. The van der Waals surface area contributed by atoms with Crippen molar-refractivity contribution >= 4 is 28.9 Å². The number of thiocarbonyl (C=S) groups is 1. The van der Waals surface area contributed by atoms with Crippen molar-refractivity contribution in [3.8, 4) is 11.5 Å². The number of nitrogens with one attached hydrogen (secondary N) is 2. The predicted molar refractivity (Wildman–Crippen MR) is 114 cm³/mol. The molecule has 0 saturated heterocycles. The number of ether oxygens (including phenoxy) is 3. The third kappa shape index (κ3) is 7.54. The van der Waals surface area contributed by atoms with Gasteiger partial charge in [-0.2, -0.15) is 0 Å². The topological polar surface area (TPSA) is 68.8 Å². The van der Waals surface area contributed by atoms with Gasteiger partial charge < -0.3 is 19.5 Å². The van der Waals surface area contributed by atoms with Crippen molar-refractivity contribution in [3.05, 3.63) is 54.1 Å². The highest BCUT2D eigenvalue weighted by atomic mass is 32.1. The van der Waals surface area contributed by atoms with Crippen molar-refractivity contribution < 1.29 is 19.0 Å².